The lowest BCUT2D eigenvalue weighted by molar-refractivity contribution is 1.12. The molecule has 0 amide bonds. The molecule has 0 aliphatic rings. The third-order valence-electron chi connectivity index (χ3n) is 4.15. The Morgan fingerprint density at radius 3 is 2.96 bits per heavy atom. The second-order valence-electron chi connectivity index (χ2n) is 6.07. The van der Waals surface area contributed by atoms with E-state index in [-0.39, 0.29) is 0 Å². The second kappa shape index (κ2) is 6.33. The first-order chi connectivity index (χ1) is 13.2. The Kier molecular flexibility index (Phi) is 3.68. The SMILES string of the molecule is Cc1nc2cc(Nc3nccc(Nc4cccc5[nH]ncc45)n3)ccc2s1. The van der Waals surface area contributed by atoms with Gasteiger partial charge >= 0.3 is 0 Å². The van der Waals surface area contributed by atoms with Gasteiger partial charge in [0.05, 0.1) is 32.6 Å². The lowest BCUT2D eigenvalue weighted by atomic mass is 10.2. The topological polar surface area (TPSA) is 91.4 Å². The molecular formula is C19H15N7S. The molecule has 8 heteroatoms. The number of thiazole rings is 1. The van der Waals surface area contributed by atoms with Crippen LogP contribution < -0.4 is 10.6 Å². The summed E-state index contributed by atoms with van der Waals surface area (Å²) in [5.74, 6) is 1.22. The van der Waals surface area contributed by atoms with E-state index in [1.807, 2.05) is 43.3 Å². The molecule has 0 spiro atoms. The molecule has 2 aromatic carbocycles. The van der Waals surface area contributed by atoms with Crippen molar-refractivity contribution in [1.29, 1.82) is 0 Å². The number of nitrogens with one attached hydrogen (secondary N) is 3. The van der Waals surface area contributed by atoms with Crippen molar-refractivity contribution < 1.29 is 0 Å². The molecule has 0 atom stereocenters. The minimum atomic E-state index is 0.519. The van der Waals surface area contributed by atoms with E-state index in [1.165, 1.54) is 4.70 Å². The summed E-state index contributed by atoms with van der Waals surface area (Å²) in [5.41, 5.74) is 3.79. The van der Waals surface area contributed by atoms with Crippen molar-refractivity contribution in [2.45, 2.75) is 6.92 Å². The average Bonchev–Trinajstić information content (AvgIpc) is 3.28. The maximum absolute atomic E-state index is 4.56. The molecule has 3 N–H and O–H groups in total. The third kappa shape index (κ3) is 3.06. The number of hydrogen-bond donors (Lipinski definition) is 3. The van der Waals surface area contributed by atoms with Crippen LogP contribution in [-0.2, 0) is 0 Å². The number of aromatic nitrogens is 5. The maximum Gasteiger partial charge on any atom is 0.229 e. The van der Waals surface area contributed by atoms with E-state index in [2.05, 4.69) is 41.8 Å². The molecule has 0 saturated heterocycles. The summed E-state index contributed by atoms with van der Waals surface area (Å²) in [7, 11) is 0. The van der Waals surface area contributed by atoms with Gasteiger partial charge in [0.15, 0.2) is 0 Å². The van der Waals surface area contributed by atoms with Gasteiger partial charge in [-0.05, 0) is 43.3 Å². The fraction of sp³-hybridized carbons (Fsp3) is 0.0526. The van der Waals surface area contributed by atoms with Gasteiger partial charge in [0.25, 0.3) is 0 Å². The van der Waals surface area contributed by atoms with Gasteiger partial charge in [-0.25, -0.2) is 9.97 Å². The molecule has 3 heterocycles. The largest absolute Gasteiger partial charge is 0.339 e. The predicted octanol–water partition coefficient (Wildman–Crippen LogP) is 4.76. The highest BCUT2D eigenvalue weighted by atomic mass is 32.1. The molecule has 0 aliphatic heterocycles. The summed E-state index contributed by atoms with van der Waals surface area (Å²) >= 11 is 1.68. The molecule has 0 saturated carbocycles. The van der Waals surface area contributed by atoms with Gasteiger partial charge in [-0.2, -0.15) is 10.1 Å². The highest BCUT2D eigenvalue weighted by Gasteiger charge is 2.06. The van der Waals surface area contributed by atoms with Crippen molar-refractivity contribution in [3.8, 4) is 0 Å². The number of H-pyrrole nitrogens is 1. The standard InChI is InChI=1S/C19H15N7S/c1-11-22-16-9-12(5-6-17(16)27-11)23-19-20-8-7-18(25-19)24-14-3-2-4-15-13(14)10-21-26-15/h2-10H,1H3,(H,21,26)(H2,20,23,24,25). The van der Waals surface area contributed by atoms with Crippen LogP contribution in [0.15, 0.2) is 54.9 Å². The van der Waals surface area contributed by atoms with Gasteiger partial charge in [0, 0.05) is 17.3 Å². The smallest absolute Gasteiger partial charge is 0.229 e. The van der Waals surface area contributed by atoms with E-state index in [4.69, 9.17) is 0 Å². The minimum Gasteiger partial charge on any atom is -0.339 e. The van der Waals surface area contributed by atoms with Gasteiger partial charge in [-0.3, -0.25) is 5.10 Å². The Balaban J connectivity index is 1.42. The Morgan fingerprint density at radius 1 is 1.04 bits per heavy atom. The van der Waals surface area contributed by atoms with E-state index in [0.717, 1.165) is 32.8 Å². The summed E-state index contributed by atoms with van der Waals surface area (Å²) < 4.78 is 1.17. The van der Waals surface area contributed by atoms with Crippen LogP contribution in [0.25, 0.3) is 21.1 Å². The van der Waals surface area contributed by atoms with Crippen molar-refractivity contribution in [2.24, 2.45) is 0 Å². The lowest BCUT2D eigenvalue weighted by Crippen LogP contribution is -2.00. The third-order valence-corrected chi connectivity index (χ3v) is 5.11. The Labute approximate surface area is 158 Å². The van der Waals surface area contributed by atoms with Crippen molar-refractivity contribution in [2.75, 3.05) is 10.6 Å². The predicted molar refractivity (Wildman–Crippen MR) is 109 cm³/mol. The molecule has 0 unspecified atom stereocenters. The van der Waals surface area contributed by atoms with E-state index in [1.54, 1.807) is 23.7 Å². The first-order valence-electron chi connectivity index (χ1n) is 8.41. The van der Waals surface area contributed by atoms with E-state index >= 15 is 0 Å². The van der Waals surface area contributed by atoms with Crippen LogP contribution in [0.4, 0.5) is 23.1 Å². The van der Waals surface area contributed by atoms with Gasteiger partial charge in [0.1, 0.15) is 5.82 Å². The fourth-order valence-electron chi connectivity index (χ4n) is 2.95. The molecule has 3 aromatic heterocycles. The van der Waals surface area contributed by atoms with Gasteiger partial charge < -0.3 is 10.6 Å². The van der Waals surface area contributed by atoms with Crippen LogP contribution in [0.1, 0.15) is 5.01 Å². The maximum atomic E-state index is 4.56. The van der Waals surface area contributed by atoms with Gasteiger partial charge in [-0.1, -0.05) is 6.07 Å². The molecule has 27 heavy (non-hydrogen) atoms. The number of rotatable bonds is 4. The normalized spacial score (nSPS) is 11.1. The zero-order chi connectivity index (χ0) is 18.2. The van der Waals surface area contributed by atoms with Crippen LogP contribution >= 0.6 is 11.3 Å². The first kappa shape index (κ1) is 15.7. The number of nitrogens with zero attached hydrogens (tertiary/aromatic N) is 4. The number of benzene rings is 2. The minimum absolute atomic E-state index is 0.519. The van der Waals surface area contributed by atoms with Crippen molar-refractivity contribution in [3.05, 3.63) is 59.9 Å². The van der Waals surface area contributed by atoms with Crippen molar-refractivity contribution in [3.63, 3.8) is 0 Å². The van der Waals surface area contributed by atoms with Crippen LogP contribution in [0, 0.1) is 6.92 Å². The molecule has 5 aromatic rings. The molecule has 0 radical (unpaired) electrons. The van der Waals surface area contributed by atoms with Crippen molar-refractivity contribution >= 4 is 55.6 Å². The van der Waals surface area contributed by atoms with Crippen LogP contribution in [0.3, 0.4) is 0 Å². The number of aromatic amines is 1. The van der Waals surface area contributed by atoms with E-state index < -0.39 is 0 Å². The second-order valence-corrected chi connectivity index (χ2v) is 7.30. The van der Waals surface area contributed by atoms with Crippen LogP contribution in [0.2, 0.25) is 0 Å². The zero-order valence-corrected chi connectivity index (χ0v) is 15.2. The van der Waals surface area contributed by atoms with Crippen LogP contribution in [0.5, 0.6) is 0 Å². The summed E-state index contributed by atoms with van der Waals surface area (Å²) in [6, 6.07) is 13.8. The molecule has 7 nitrogen and oxygen atoms in total. The molecule has 0 aliphatic carbocycles. The number of hydrogen-bond acceptors (Lipinski definition) is 7. The highest BCUT2D eigenvalue weighted by Crippen LogP contribution is 2.27. The summed E-state index contributed by atoms with van der Waals surface area (Å²) in [4.78, 5) is 13.4. The average molecular weight is 373 g/mol. The fourth-order valence-corrected chi connectivity index (χ4v) is 3.76. The lowest BCUT2D eigenvalue weighted by Gasteiger charge is -2.09. The molecule has 0 bridgehead atoms. The van der Waals surface area contributed by atoms with Gasteiger partial charge in [0.2, 0.25) is 5.95 Å². The highest BCUT2D eigenvalue weighted by molar-refractivity contribution is 7.18. The number of fused-ring (bicyclic) bond motifs is 2. The molecular weight excluding hydrogens is 358 g/mol. The Morgan fingerprint density at radius 2 is 2.00 bits per heavy atom. The van der Waals surface area contributed by atoms with Crippen LogP contribution in [-0.4, -0.2) is 25.1 Å². The zero-order valence-electron chi connectivity index (χ0n) is 14.4. The monoisotopic (exact) mass is 373 g/mol. The summed E-state index contributed by atoms with van der Waals surface area (Å²) in [6.07, 6.45) is 3.52. The summed E-state index contributed by atoms with van der Waals surface area (Å²) in [5, 5.41) is 15.7. The Bertz CT molecular complexity index is 1260. The number of anilines is 4. The van der Waals surface area contributed by atoms with E-state index in [9.17, 15) is 0 Å². The molecule has 132 valence electrons. The van der Waals surface area contributed by atoms with E-state index in [0.29, 0.717) is 11.8 Å². The first-order valence-corrected chi connectivity index (χ1v) is 9.23. The Hall–Kier alpha value is -3.52. The van der Waals surface area contributed by atoms with Crippen molar-refractivity contribution in [1.82, 2.24) is 25.1 Å². The molecule has 0 fully saturated rings. The number of aryl methyl sites for hydroxylation is 1. The summed E-state index contributed by atoms with van der Waals surface area (Å²) in [6.45, 7) is 2.01. The quantitative estimate of drug-likeness (QED) is 0.421. The molecule has 5 rings (SSSR count). The van der Waals surface area contributed by atoms with Gasteiger partial charge in [-0.15, -0.1) is 11.3 Å².